The molecule has 0 unspecified atom stereocenters. The summed E-state index contributed by atoms with van der Waals surface area (Å²) in [5.74, 6) is 3.41. The Balaban J connectivity index is 0.000000252. The maximum absolute atomic E-state index is 5.10. The van der Waals surface area contributed by atoms with Crippen LogP contribution < -0.4 is 0 Å². The van der Waals surface area contributed by atoms with E-state index in [-0.39, 0.29) is 0 Å². The van der Waals surface area contributed by atoms with E-state index in [1.165, 1.54) is 6.42 Å². The van der Waals surface area contributed by atoms with Crippen LogP contribution in [0, 0.1) is 18.3 Å². The van der Waals surface area contributed by atoms with Gasteiger partial charge in [0.05, 0.1) is 0 Å². The molecule has 0 bridgehead atoms. The summed E-state index contributed by atoms with van der Waals surface area (Å²) >= 11 is 0. The third kappa shape index (κ3) is 7.15. The van der Waals surface area contributed by atoms with Crippen LogP contribution in [0.25, 0.3) is 0 Å². The lowest BCUT2D eigenvalue weighted by Crippen LogP contribution is -1.77. The molecule has 13 heavy (non-hydrogen) atoms. The fourth-order valence-corrected chi connectivity index (χ4v) is 0.534. The maximum atomic E-state index is 5.10. The molecule has 0 heterocycles. The van der Waals surface area contributed by atoms with Gasteiger partial charge in [0.25, 0.3) is 0 Å². The molecule has 1 aromatic rings. The molecule has 1 aromatic carbocycles. The monoisotopic (exact) mass is 174 g/mol. The lowest BCUT2D eigenvalue weighted by molar-refractivity contribution is 0.626. The van der Waals surface area contributed by atoms with Gasteiger partial charge in [-0.05, 0) is 18.1 Å². The molecule has 1 rings (SSSR count). The molecule has 0 atom stereocenters. The molecule has 0 aliphatic heterocycles. The predicted octanol–water partition coefficient (Wildman–Crippen LogP) is 3.72. The highest BCUT2D eigenvalue weighted by molar-refractivity contribution is 5.30. The first kappa shape index (κ1) is 11.8. The Hall–Kier alpha value is -1.22. The summed E-state index contributed by atoms with van der Waals surface area (Å²) in [6.07, 6.45) is 6.41. The van der Waals surface area contributed by atoms with Gasteiger partial charge in [0, 0.05) is 5.56 Å². The van der Waals surface area contributed by atoms with E-state index in [2.05, 4.69) is 26.7 Å². The second-order valence-electron chi connectivity index (χ2n) is 3.31. The van der Waals surface area contributed by atoms with Gasteiger partial charge in [-0.25, -0.2) is 0 Å². The minimum Gasteiger partial charge on any atom is -0.115 e. The van der Waals surface area contributed by atoms with Crippen molar-refractivity contribution in [2.75, 3.05) is 0 Å². The summed E-state index contributed by atoms with van der Waals surface area (Å²) in [6.45, 7) is 6.64. The number of hydrogen-bond donors (Lipinski definition) is 0. The molecule has 0 saturated carbocycles. The zero-order valence-electron chi connectivity index (χ0n) is 8.75. The van der Waals surface area contributed by atoms with Gasteiger partial charge in [0.1, 0.15) is 0 Å². The summed E-state index contributed by atoms with van der Waals surface area (Å²) < 4.78 is 0. The van der Waals surface area contributed by atoms with E-state index < -0.39 is 0 Å². The summed E-state index contributed by atoms with van der Waals surface area (Å²) in [6, 6.07) is 9.60. The Kier molecular flexibility index (Phi) is 6.73. The van der Waals surface area contributed by atoms with Crippen molar-refractivity contribution in [2.24, 2.45) is 5.92 Å². The van der Waals surface area contributed by atoms with E-state index >= 15 is 0 Å². The molecule has 0 aliphatic carbocycles. The molecular weight excluding hydrogens is 156 g/mol. The first-order valence-corrected chi connectivity index (χ1v) is 4.72. The fourth-order valence-electron chi connectivity index (χ4n) is 0.534. The third-order valence-corrected chi connectivity index (χ3v) is 1.76. The van der Waals surface area contributed by atoms with Crippen molar-refractivity contribution in [2.45, 2.75) is 27.2 Å². The van der Waals surface area contributed by atoms with Crippen LogP contribution in [0.15, 0.2) is 30.3 Å². The Bertz CT molecular complexity index is 238. The van der Waals surface area contributed by atoms with Crippen molar-refractivity contribution in [3.63, 3.8) is 0 Å². The van der Waals surface area contributed by atoms with E-state index in [0.717, 1.165) is 11.5 Å². The van der Waals surface area contributed by atoms with Crippen LogP contribution in [-0.4, -0.2) is 0 Å². The largest absolute Gasteiger partial charge is 0.115 e. The molecule has 0 radical (unpaired) electrons. The van der Waals surface area contributed by atoms with E-state index in [4.69, 9.17) is 6.42 Å². The van der Waals surface area contributed by atoms with Crippen molar-refractivity contribution in [3.8, 4) is 12.3 Å². The standard InChI is InChI=1S/C8H6.C5H12/c1-2-8-6-4-3-5-7-8;1-4-5(2)3/h1,3-7H;5H,4H2,1-3H3. The van der Waals surface area contributed by atoms with Crippen LogP contribution in [0.3, 0.4) is 0 Å². The Morgan fingerprint density at radius 2 is 1.69 bits per heavy atom. The first-order valence-electron chi connectivity index (χ1n) is 4.72. The lowest BCUT2D eigenvalue weighted by atomic mass is 10.2. The van der Waals surface area contributed by atoms with E-state index in [1.54, 1.807) is 0 Å². The van der Waals surface area contributed by atoms with Gasteiger partial charge in [-0.3, -0.25) is 0 Å². The molecule has 0 fully saturated rings. The summed E-state index contributed by atoms with van der Waals surface area (Å²) in [4.78, 5) is 0. The highest BCUT2D eigenvalue weighted by Crippen LogP contribution is 1.94. The molecule has 0 N–H and O–H groups in total. The smallest absolute Gasteiger partial charge is 0.0242 e. The highest BCUT2D eigenvalue weighted by Gasteiger charge is 1.80. The molecule has 0 spiro atoms. The second kappa shape index (κ2) is 7.43. The third-order valence-electron chi connectivity index (χ3n) is 1.76. The van der Waals surface area contributed by atoms with Crippen LogP contribution >= 0.6 is 0 Å². The Labute approximate surface area is 82.0 Å². The lowest BCUT2D eigenvalue weighted by Gasteiger charge is -1.90. The van der Waals surface area contributed by atoms with Gasteiger partial charge in [-0.2, -0.15) is 0 Å². The van der Waals surface area contributed by atoms with E-state index in [0.29, 0.717) is 0 Å². The molecule has 70 valence electrons. The SMILES string of the molecule is C#Cc1ccccc1.CCC(C)C. The van der Waals surface area contributed by atoms with Crippen LogP contribution in [0.4, 0.5) is 0 Å². The number of benzene rings is 1. The van der Waals surface area contributed by atoms with Gasteiger partial charge in [0.2, 0.25) is 0 Å². The minimum atomic E-state index is 0.884. The molecule has 0 saturated heterocycles. The zero-order valence-corrected chi connectivity index (χ0v) is 8.75. The molecule has 0 heteroatoms. The van der Waals surface area contributed by atoms with Crippen LogP contribution in [0.2, 0.25) is 0 Å². The number of hydrogen-bond acceptors (Lipinski definition) is 0. The maximum Gasteiger partial charge on any atom is 0.0242 e. The van der Waals surface area contributed by atoms with Gasteiger partial charge >= 0.3 is 0 Å². The quantitative estimate of drug-likeness (QED) is 0.569. The summed E-state index contributed by atoms with van der Waals surface area (Å²) in [5, 5.41) is 0. The Morgan fingerprint density at radius 3 is 1.92 bits per heavy atom. The fraction of sp³-hybridized carbons (Fsp3) is 0.385. The van der Waals surface area contributed by atoms with Crippen LogP contribution in [0.5, 0.6) is 0 Å². The van der Waals surface area contributed by atoms with Crippen molar-refractivity contribution < 1.29 is 0 Å². The number of rotatable bonds is 1. The highest BCUT2D eigenvalue weighted by atomic mass is 13.9. The van der Waals surface area contributed by atoms with E-state index in [1.807, 2.05) is 30.3 Å². The summed E-state index contributed by atoms with van der Waals surface area (Å²) in [7, 11) is 0. The normalized spacial score (nSPS) is 8.54. The Morgan fingerprint density at radius 1 is 1.23 bits per heavy atom. The minimum absolute atomic E-state index is 0.884. The van der Waals surface area contributed by atoms with E-state index in [9.17, 15) is 0 Å². The van der Waals surface area contributed by atoms with Gasteiger partial charge in [-0.15, -0.1) is 6.42 Å². The van der Waals surface area contributed by atoms with Gasteiger partial charge < -0.3 is 0 Å². The van der Waals surface area contributed by atoms with Crippen LogP contribution in [-0.2, 0) is 0 Å². The zero-order chi connectivity index (χ0) is 10.1. The van der Waals surface area contributed by atoms with Crippen molar-refractivity contribution in [1.82, 2.24) is 0 Å². The molecule has 0 amide bonds. The van der Waals surface area contributed by atoms with Gasteiger partial charge in [0.15, 0.2) is 0 Å². The topological polar surface area (TPSA) is 0 Å². The van der Waals surface area contributed by atoms with Crippen molar-refractivity contribution in [3.05, 3.63) is 35.9 Å². The van der Waals surface area contributed by atoms with Crippen LogP contribution in [0.1, 0.15) is 32.8 Å². The van der Waals surface area contributed by atoms with Crippen molar-refractivity contribution >= 4 is 0 Å². The molecular formula is C13H18. The molecule has 0 aliphatic rings. The van der Waals surface area contributed by atoms with Crippen molar-refractivity contribution in [1.29, 1.82) is 0 Å². The average molecular weight is 174 g/mol. The second-order valence-corrected chi connectivity index (χ2v) is 3.31. The first-order chi connectivity index (χ1) is 6.20. The molecule has 0 aromatic heterocycles. The average Bonchev–Trinajstić information content (AvgIpc) is 2.20. The van der Waals surface area contributed by atoms with Gasteiger partial charge in [-0.1, -0.05) is 51.3 Å². The molecule has 0 nitrogen and oxygen atoms in total. The summed E-state index contributed by atoms with van der Waals surface area (Å²) in [5.41, 5.74) is 0.938. The number of terminal acetylenes is 1. The predicted molar refractivity (Wildman–Crippen MR) is 59.5 cm³/mol.